The van der Waals surface area contributed by atoms with Crippen molar-refractivity contribution in [3.8, 4) is 11.3 Å². The van der Waals surface area contributed by atoms with Crippen LogP contribution in [0.5, 0.6) is 0 Å². The summed E-state index contributed by atoms with van der Waals surface area (Å²) < 4.78 is 1.05. The van der Waals surface area contributed by atoms with Crippen molar-refractivity contribution >= 4 is 70.7 Å². The van der Waals surface area contributed by atoms with Gasteiger partial charge in [-0.1, -0.05) is 54.2 Å². The molecule has 0 radical (unpaired) electrons. The van der Waals surface area contributed by atoms with Crippen LogP contribution in [0, 0.1) is 0 Å². The Morgan fingerprint density at radius 1 is 0.984 bits per heavy atom. The van der Waals surface area contributed by atoms with Crippen molar-refractivity contribution in [3.05, 3.63) is 99.5 Å². The number of hydrogen-bond acceptors (Lipinski definition) is 15. The molecule has 0 aliphatic carbocycles. The second-order valence-electron chi connectivity index (χ2n) is 13.8. The van der Waals surface area contributed by atoms with Crippen molar-refractivity contribution in [1.82, 2.24) is 35.0 Å². The van der Waals surface area contributed by atoms with Gasteiger partial charge in [0.15, 0.2) is 0 Å². The van der Waals surface area contributed by atoms with Crippen molar-refractivity contribution in [2.45, 2.75) is 61.5 Å². The van der Waals surface area contributed by atoms with Crippen LogP contribution in [0.2, 0.25) is 0 Å². The summed E-state index contributed by atoms with van der Waals surface area (Å²) in [7, 11) is 0. The fraction of sp³-hybridized carbons (Fsp3) is 0.289. The summed E-state index contributed by atoms with van der Waals surface area (Å²) in [4.78, 5) is 108. The van der Waals surface area contributed by atoms with Crippen LogP contribution in [0.3, 0.4) is 0 Å². The lowest BCUT2D eigenvalue weighted by molar-refractivity contribution is -0.161. The number of carbonyl (C=O) groups excluding carboxylic acids is 5. The molecule has 9 N–H and O–H groups in total. The third-order valence-electron chi connectivity index (χ3n) is 9.75. The molecule has 21 nitrogen and oxygen atoms in total. The topological polar surface area (TPSA) is 324 Å². The van der Waals surface area contributed by atoms with E-state index in [1.165, 1.54) is 41.8 Å². The van der Waals surface area contributed by atoms with Gasteiger partial charge in [0.05, 0.1) is 18.3 Å². The van der Waals surface area contributed by atoms with Crippen LogP contribution >= 0.6 is 23.5 Å². The second-order valence-corrected chi connectivity index (χ2v) is 15.9. The fourth-order valence-corrected chi connectivity index (χ4v) is 9.15. The molecule has 2 unspecified atom stereocenters. The highest BCUT2D eigenvalue weighted by molar-refractivity contribution is 8.01. The molecule has 5 amide bonds. The molecular formula is C38H39N11O10S2. The lowest BCUT2D eigenvalue weighted by Crippen LogP contribution is -2.71. The Morgan fingerprint density at radius 2 is 1.69 bits per heavy atom. The first-order valence-corrected chi connectivity index (χ1v) is 20.4. The van der Waals surface area contributed by atoms with Gasteiger partial charge in [-0.25, -0.2) is 14.4 Å². The van der Waals surface area contributed by atoms with E-state index in [-0.39, 0.29) is 53.0 Å². The van der Waals surface area contributed by atoms with Crippen molar-refractivity contribution in [3.63, 3.8) is 0 Å². The van der Waals surface area contributed by atoms with Gasteiger partial charge >= 0.3 is 11.9 Å². The van der Waals surface area contributed by atoms with Crippen LogP contribution in [0.15, 0.2) is 88.0 Å². The third kappa shape index (κ3) is 9.54. The first-order valence-electron chi connectivity index (χ1n) is 18.4. The number of tetrazole rings is 1. The summed E-state index contributed by atoms with van der Waals surface area (Å²) in [6.45, 7) is 0.299. The van der Waals surface area contributed by atoms with Crippen molar-refractivity contribution in [2.75, 3.05) is 16.4 Å². The van der Waals surface area contributed by atoms with Gasteiger partial charge in [-0.2, -0.15) is 0 Å². The molecule has 4 aromatic rings. The number of amides is 5. The van der Waals surface area contributed by atoms with Crippen molar-refractivity contribution < 1.29 is 43.8 Å². The number of carboxylic acid groups (broad SMARTS) is 2. The SMILES string of the molecule is CC(=O)N(C(=O)[C@H](N)CCC(N)=O)c1ccc(-c2ccc(CN(C(=O)C(N)c3ccccc3)C3C(=O)N4C(C(=O)O)=C(CSc5nnnn5CC(=O)O)CS[C@@H]34)c(=O)[nH]2)cc1. The van der Waals surface area contributed by atoms with Gasteiger partial charge < -0.3 is 37.3 Å². The molecule has 6 rings (SSSR count). The first-order chi connectivity index (χ1) is 29.1. The molecule has 4 atom stereocenters. The van der Waals surface area contributed by atoms with Gasteiger partial charge in [0.25, 0.3) is 17.4 Å². The maximum atomic E-state index is 14.2. The number of carboxylic acids is 2. The Morgan fingerprint density at radius 3 is 2.31 bits per heavy atom. The number of aliphatic carboxylic acids is 2. The maximum absolute atomic E-state index is 14.2. The zero-order chi connectivity index (χ0) is 44.1. The van der Waals surface area contributed by atoms with E-state index in [0.717, 1.165) is 26.2 Å². The molecular weight excluding hydrogens is 835 g/mol. The summed E-state index contributed by atoms with van der Waals surface area (Å²) in [5.74, 6) is -5.80. The lowest BCUT2D eigenvalue weighted by Gasteiger charge is -2.53. The monoisotopic (exact) mass is 873 g/mol. The molecule has 2 aromatic carbocycles. The Labute approximate surface area is 354 Å². The van der Waals surface area contributed by atoms with E-state index in [1.807, 2.05) is 0 Å². The molecule has 1 fully saturated rings. The van der Waals surface area contributed by atoms with E-state index in [4.69, 9.17) is 22.3 Å². The number of benzene rings is 2. The lowest BCUT2D eigenvalue weighted by atomic mass is 9.98. The van der Waals surface area contributed by atoms with Crippen LogP contribution in [0.25, 0.3) is 11.3 Å². The van der Waals surface area contributed by atoms with E-state index in [9.17, 15) is 43.5 Å². The number of rotatable bonds is 17. The molecule has 1 saturated heterocycles. The predicted molar refractivity (Wildman–Crippen MR) is 219 cm³/mol. The van der Waals surface area contributed by atoms with E-state index < -0.39 is 77.1 Å². The second kappa shape index (κ2) is 18.7. The average Bonchev–Trinajstić information content (AvgIpc) is 3.67. The number of nitrogens with zero attached hydrogens (tertiary/aromatic N) is 7. The van der Waals surface area contributed by atoms with Gasteiger partial charge in [-0.3, -0.25) is 38.5 Å². The van der Waals surface area contributed by atoms with Gasteiger partial charge in [-0.05, 0) is 57.8 Å². The van der Waals surface area contributed by atoms with Gasteiger partial charge in [-0.15, -0.1) is 16.9 Å². The first kappa shape index (κ1) is 43.9. The number of pyridine rings is 1. The zero-order valence-electron chi connectivity index (χ0n) is 32.2. The number of fused-ring (bicyclic) bond motifs is 1. The number of imide groups is 1. The Bertz CT molecular complexity index is 2480. The summed E-state index contributed by atoms with van der Waals surface area (Å²) in [6.07, 6.45) is -0.197. The summed E-state index contributed by atoms with van der Waals surface area (Å²) in [6, 6.07) is 13.9. The standard InChI is InChI=1S/C38H39N11O10S2/c1-19(50)48(33(55)25(39)12-14-27(40)51)24-10-7-20(8-11-24)26-13-9-22(32(54)42-26)15-46(34(56)29(41)21-5-3-2-4-6-21)31-35(57)49-30(37(58)59)23(17-60-36(31)49)18-61-38-43-44-45-47(38)16-28(52)53/h2-11,13,25,29,31,36H,12,14-18,39,41H2,1H3,(H2,40,51)(H,42,54)(H,52,53)(H,58,59)/t25-,29?,31?,36+/m1/s1. The van der Waals surface area contributed by atoms with E-state index in [2.05, 4.69) is 20.5 Å². The molecule has 4 heterocycles. The largest absolute Gasteiger partial charge is 0.480 e. The van der Waals surface area contributed by atoms with E-state index >= 15 is 0 Å². The number of hydrogen-bond donors (Lipinski definition) is 6. The minimum atomic E-state index is -1.39. The van der Waals surface area contributed by atoms with Gasteiger partial charge in [0.1, 0.15) is 29.7 Å². The van der Waals surface area contributed by atoms with Crippen LogP contribution in [0.4, 0.5) is 5.69 Å². The van der Waals surface area contributed by atoms with E-state index in [1.54, 1.807) is 48.5 Å². The highest BCUT2D eigenvalue weighted by Crippen LogP contribution is 2.44. The van der Waals surface area contributed by atoms with E-state index in [0.29, 0.717) is 22.4 Å². The number of aromatic nitrogens is 5. The highest BCUT2D eigenvalue weighted by atomic mass is 32.2. The summed E-state index contributed by atoms with van der Waals surface area (Å²) >= 11 is 2.21. The molecule has 318 valence electrons. The fourth-order valence-electron chi connectivity index (χ4n) is 6.72. The minimum Gasteiger partial charge on any atom is -0.480 e. The van der Waals surface area contributed by atoms with Crippen LogP contribution in [-0.2, 0) is 46.7 Å². The molecule has 2 aliphatic rings. The van der Waals surface area contributed by atoms with Crippen LogP contribution < -0.4 is 27.7 Å². The highest BCUT2D eigenvalue weighted by Gasteiger charge is 2.57. The number of nitrogens with one attached hydrogen (secondary N) is 1. The Hall–Kier alpha value is -6.69. The number of H-pyrrole nitrogens is 1. The number of carbonyl (C=O) groups is 7. The molecule has 2 aromatic heterocycles. The molecule has 0 bridgehead atoms. The van der Waals surface area contributed by atoms with Gasteiger partial charge in [0, 0.05) is 36.1 Å². The summed E-state index contributed by atoms with van der Waals surface area (Å²) in [5.41, 5.74) is 18.6. The van der Waals surface area contributed by atoms with Gasteiger partial charge in [0.2, 0.25) is 22.9 Å². The average molecular weight is 874 g/mol. The number of aromatic amines is 1. The Kier molecular flexibility index (Phi) is 13.5. The predicted octanol–water partition coefficient (Wildman–Crippen LogP) is 0.0286. The number of thioether (sulfide) groups is 2. The molecule has 61 heavy (non-hydrogen) atoms. The quantitative estimate of drug-likeness (QED) is 0.0602. The third-order valence-corrected chi connectivity index (χ3v) is 12.1. The smallest absolute Gasteiger partial charge is 0.352 e. The number of β-lactam (4-membered cyclic amide) rings is 1. The zero-order valence-corrected chi connectivity index (χ0v) is 33.9. The maximum Gasteiger partial charge on any atom is 0.352 e. The minimum absolute atomic E-state index is 0.0153. The molecule has 2 aliphatic heterocycles. The molecule has 0 saturated carbocycles. The number of nitrogens with two attached hydrogens (primary N) is 3. The normalized spacial score (nSPS) is 16.8. The van der Waals surface area contributed by atoms with Crippen LogP contribution in [0.1, 0.15) is 36.9 Å². The van der Waals surface area contributed by atoms with Crippen molar-refractivity contribution in [1.29, 1.82) is 0 Å². The number of primary amides is 1. The summed E-state index contributed by atoms with van der Waals surface area (Å²) in [5, 5.41) is 29.7. The van der Waals surface area contributed by atoms with Crippen LogP contribution in [-0.4, -0.2) is 116 Å². The Balaban J connectivity index is 1.25. The van der Waals surface area contributed by atoms with Crippen molar-refractivity contribution in [2.24, 2.45) is 17.2 Å². The molecule has 23 heteroatoms. The molecule has 0 spiro atoms. The number of anilines is 1.